The van der Waals surface area contributed by atoms with Crippen molar-refractivity contribution in [3.8, 4) is 0 Å². The molecule has 4 nitrogen and oxygen atoms in total. The van der Waals surface area contributed by atoms with Gasteiger partial charge in [0.15, 0.2) is 12.7 Å². The average Bonchev–Trinajstić information content (AvgIpc) is 2.39. The summed E-state index contributed by atoms with van der Waals surface area (Å²) in [5, 5.41) is 0. The third-order valence-electron chi connectivity index (χ3n) is 2.15. The molecule has 0 saturated carbocycles. The van der Waals surface area contributed by atoms with Gasteiger partial charge in [-0.15, -0.1) is 0 Å². The van der Waals surface area contributed by atoms with E-state index in [0.717, 1.165) is 0 Å². The Balaban J connectivity index is 2.59. The van der Waals surface area contributed by atoms with E-state index in [1.165, 1.54) is 0 Å². The number of sulfone groups is 1. The molecule has 0 heterocycles. The minimum Gasteiger partial charge on any atom is -0.411 e. The van der Waals surface area contributed by atoms with Crippen LogP contribution in [0.15, 0.2) is 35.2 Å². The first-order chi connectivity index (χ1) is 8.43. The lowest BCUT2D eigenvalue weighted by Gasteiger charge is -2.11. The van der Waals surface area contributed by atoms with E-state index in [2.05, 4.69) is 9.60 Å². The zero-order valence-corrected chi connectivity index (χ0v) is 10.9. The molecule has 1 aromatic rings. The van der Waals surface area contributed by atoms with Crippen molar-refractivity contribution >= 4 is 18.4 Å². The molecular weight excluding hydrogens is 244 g/mol. The molecule has 16 heavy (non-hydrogen) atoms. The third-order valence-corrected chi connectivity index (χ3v) is 5.22. The second-order valence-corrected chi connectivity index (χ2v) is 8.75. The fraction of sp³-hybridized carbons (Fsp3) is 0.400. The Labute approximate surface area is 99.7 Å². The molecule has 0 fully saturated rings. The lowest BCUT2D eigenvalue weighted by molar-refractivity contribution is 0.369. The SMILES string of the molecule is [3H]O[Si](C)(CCCS(=O)(=O)c1ccccc1)O[3H]. The third kappa shape index (κ3) is 4.44. The van der Waals surface area contributed by atoms with Gasteiger partial charge in [0.1, 0.15) is 0 Å². The second-order valence-electron chi connectivity index (χ2n) is 3.87. The highest BCUT2D eigenvalue weighted by molar-refractivity contribution is 7.91. The number of hydrogen-bond acceptors (Lipinski definition) is 4. The van der Waals surface area contributed by atoms with Crippen molar-refractivity contribution in [1.82, 2.24) is 0 Å². The summed E-state index contributed by atoms with van der Waals surface area (Å²) < 4.78 is 37.5. The quantitative estimate of drug-likeness (QED) is 0.718. The average molecular weight is 264 g/mol. The highest BCUT2D eigenvalue weighted by Gasteiger charge is 2.22. The first kappa shape index (κ1) is 10.5. The Bertz CT molecular complexity index is 462. The van der Waals surface area contributed by atoms with Gasteiger partial charge in [-0.3, -0.25) is 0 Å². The molecule has 0 aliphatic carbocycles. The van der Waals surface area contributed by atoms with Crippen molar-refractivity contribution in [3.63, 3.8) is 0 Å². The van der Waals surface area contributed by atoms with E-state index in [0.29, 0.717) is 12.5 Å². The molecule has 0 aliphatic rings. The van der Waals surface area contributed by atoms with Gasteiger partial charge in [-0.25, -0.2) is 8.42 Å². The monoisotopic (exact) mass is 264 g/mol. The van der Waals surface area contributed by atoms with Crippen LogP contribution in [-0.2, 0) is 9.84 Å². The maximum absolute atomic E-state index is 11.9. The predicted molar refractivity (Wildman–Crippen MR) is 64.0 cm³/mol. The van der Waals surface area contributed by atoms with Crippen molar-refractivity contribution in [2.75, 3.05) is 5.75 Å². The van der Waals surface area contributed by atoms with E-state index >= 15 is 0 Å². The van der Waals surface area contributed by atoms with E-state index in [9.17, 15) is 8.42 Å². The first-order valence-corrected chi connectivity index (χ1v) is 9.17. The largest absolute Gasteiger partial charge is 0.411 e. The molecule has 90 valence electrons. The van der Waals surface area contributed by atoms with Gasteiger partial charge >= 0.3 is 8.56 Å². The molecule has 1 rings (SSSR count). The van der Waals surface area contributed by atoms with Crippen LogP contribution >= 0.6 is 0 Å². The van der Waals surface area contributed by atoms with Crippen LogP contribution in [0.1, 0.15) is 6.42 Å². The Morgan fingerprint density at radius 3 is 2.50 bits per heavy atom. The molecule has 6 heteroatoms. The molecule has 0 saturated heterocycles. The Kier molecular flexibility index (Phi) is 3.33. The molecule has 0 bridgehead atoms. The van der Waals surface area contributed by atoms with Crippen LogP contribution in [-0.4, -0.2) is 35.2 Å². The number of benzene rings is 1. The zero-order valence-electron chi connectivity index (χ0n) is 11.0. The summed E-state index contributed by atoms with van der Waals surface area (Å²) in [6, 6.07) is 8.50. The van der Waals surface area contributed by atoms with Gasteiger partial charge < -0.3 is 9.60 Å². The minimum absolute atomic E-state index is 0.0354. The summed E-state index contributed by atoms with van der Waals surface area (Å²) in [5.41, 5.74) is 0. The second kappa shape index (κ2) is 5.09. The van der Waals surface area contributed by atoms with Gasteiger partial charge in [-0.05, 0) is 31.1 Å². The van der Waals surface area contributed by atoms with Crippen molar-refractivity contribution < 1.29 is 18.0 Å². The van der Waals surface area contributed by atoms with Crippen LogP contribution < -0.4 is 0 Å². The Morgan fingerprint density at radius 2 is 1.94 bits per heavy atom. The van der Waals surface area contributed by atoms with Gasteiger partial charge in [0.05, 0.1) is 10.6 Å². The molecular formula is C10H16O4SSi. The topological polar surface area (TPSA) is 74.6 Å². The van der Waals surface area contributed by atoms with E-state index in [4.69, 9.17) is 2.86 Å². The normalized spacial score (nSPS) is 14.3. The zero-order chi connectivity index (χ0) is 13.6. The highest BCUT2D eigenvalue weighted by atomic mass is 32.2. The maximum atomic E-state index is 11.9. The summed E-state index contributed by atoms with van der Waals surface area (Å²) in [5.74, 6) is -0.0354. The van der Waals surface area contributed by atoms with Crippen LogP contribution in [0.25, 0.3) is 0 Å². The van der Waals surface area contributed by atoms with Crippen LogP contribution in [0.3, 0.4) is 0 Å². The summed E-state index contributed by atoms with van der Waals surface area (Å²) in [6.45, 7) is 1.56. The van der Waals surface area contributed by atoms with Crippen molar-refractivity contribution in [1.29, 1.82) is 2.86 Å². The number of rotatable bonds is 7. The van der Waals surface area contributed by atoms with Gasteiger partial charge in [0.2, 0.25) is 0 Å². The van der Waals surface area contributed by atoms with E-state index < -0.39 is 18.4 Å². The van der Waals surface area contributed by atoms with Gasteiger partial charge in [0, 0.05) is 0 Å². The lowest BCUT2D eigenvalue weighted by atomic mass is 10.4. The molecule has 0 amide bonds. The Morgan fingerprint density at radius 1 is 1.31 bits per heavy atom. The van der Waals surface area contributed by atoms with Gasteiger partial charge in [0.25, 0.3) is 0 Å². The fourth-order valence-electron chi connectivity index (χ4n) is 1.33. The van der Waals surface area contributed by atoms with Gasteiger partial charge in [-0.2, -0.15) is 0 Å². The van der Waals surface area contributed by atoms with Gasteiger partial charge in [-0.1, -0.05) is 18.2 Å². The number of hydrogen-bond donors (Lipinski definition) is 2. The Hall–Kier alpha value is -0.693. The van der Waals surface area contributed by atoms with Crippen LogP contribution in [0.4, 0.5) is 0 Å². The summed E-state index contributed by atoms with van der Waals surface area (Å²) in [4.78, 5) is 9.07. The first-order valence-electron chi connectivity index (χ1n) is 5.82. The van der Waals surface area contributed by atoms with Crippen LogP contribution in [0.2, 0.25) is 12.6 Å². The maximum Gasteiger partial charge on any atom is 0.329 e. The standard InChI is InChI=1S/C10H16O4SSi/c1-16(13,14)9-5-8-15(11,12)10-6-3-2-4-7-10/h2-4,6-7,13-14H,5,8-9H2,1H3/i13T,14T. The van der Waals surface area contributed by atoms with Crippen molar-refractivity contribution in [2.45, 2.75) is 23.9 Å². The molecule has 2 N–H and O–H groups in total. The van der Waals surface area contributed by atoms with E-state index in [1.807, 2.05) is 0 Å². The molecule has 0 radical (unpaired) electrons. The van der Waals surface area contributed by atoms with Crippen molar-refractivity contribution in [2.24, 2.45) is 0 Å². The smallest absolute Gasteiger partial charge is 0.329 e. The minimum atomic E-state index is -3.31. The molecule has 0 spiro atoms. The molecule has 0 aromatic heterocycles. The fourth-order valence-corrected chi connectivity index (χ4v) is 3.74. The highest BCUT2D eigenvalue weighted by Crippen LogP contribution is 2.14. The molecule has 0 unspecified atom stereocenters. The molecule has 0 aliphatic heterocycles. The summed E-state index contributed by atoms with van der Waals surface area (Å²) in [7, 11) is -6.14. The molecule has 0 atom stereocenters. The predicted octanol–water partition coefficient (Wildman–Crippen LogP) is 0.907. The summed E-state index contributed by atoms with van der Waals surface area (Å²) >= 11 is 0. The van der Waals surface area contributed by atoms with Crippen LogP contribution in [0, 0.1) is 0 Å². The molecule has 1 aromatic carbocycles. The van der Waals surface area contributed by atoms with Crippen molar-refractivity contribution in [3.05, 3.63) is 30.3 Å². The summed E-state index contributed by atoms with van der Waals surface area (Å²) in [6.07, 6.45) is 0.317. The van der Waals surface area contributed by atoms with E-state index in [1.54, 1.807) is 36.9 Å². The van der Waals surface area contributed by atoms with E-state index in [-0.39, 0.29) is 10.6 Å². The van der Waals surface area contributed by atoms with Crippen LogP contribution in [0.5, 0.6) is 0 Å². The lowest BCUT2D eigenvalue weighted by Crippen LogP contribution is -2.30.